The highest BCUT2D eigenvalue weighted by atomic mass is 32.2. The number of hydrogen-bond donors (Lipinski definition) is 1. The van der Waals surface area contributed by atoms with Gasteiger partial charge in [0.15, 0.2) is 5.78 Å². The SMILES string of the molecule is CSc1ccc(C(=O)/C(Cc2ccc(C(C)(C)C)cc2)=C(/C(=O)O)c2ccc3nsnc3c2)cc1. The molecule has 1 aromatic heterocycles. The molecule has 4 rings (SSSR count). The van der Waals surface area contributed by atoms with Gasteiger partial charge in [0.05, 0.1) is 17.3 Å². The van der Waals surface area contributed by atoms with Crippen molar-refractivity contribution in [3.05, 3.63) is 94.6 Å². The summed E-state index contributed by atoms with van der Waals surface area (Å²) in [6.45, 7) is 6.42. The fraction of sp³-hybridized carbons (Fsp3) is 0.214. The number of nitrogens with zero attached hydrogens (tertiary/aromatic N) is 2. The molecule has 0 aliphatic heterocycles. The number of rotatable bonds is 7. The average Bonchev–Trinajstić information content (AvgIpc) is 3.31. The van der Waals surface area contributed by atoms with Gasteiger partial charge < -0.3 is 5.11 Å². The Labute approximate surface area is 213 Å². The smallest absolute Gasteiger partial charge is 0.336 e. The van der Waals surface area contributed by atoms with E-state index in [1.807, 2.05) is 42.7 Å². The number of fused-ring (bicyclic) bond motifs is 1. The molecule has 0 atom stereocenters. The molecule has 35 heavy (non-hydrogen) atoms. The standard InChI is InChI=1S/C28H26N2O3S2/c1-28(2,3)20-10-5-17(6-11-20)15-22(26(31)18-7-12-21(34-4)13-8-18)25(27(32)33)19-9-14-23-24(16-19)30-35-29-23/h5-14,16H,15H2,1-4H3,(H,32,33)/b25-22+. The summed E-state index contributed by atoms with van der Waals surface area (Å²) in [6.07, 6.45) is 2.16. The van der Waals surface area contributed by atoms with Crippen LogP contribution in [0.15, 0.2) is 77.2 Å². The fourth-order valence-electron chi connectivity index (χ4n) is 3.89. The molecule has 0 aliphatic carbocycles. The minimum Gasteiger partial charge on any atom is -0.478 e. The number of carbonyl (C=O) groups is 2. The summed E-state index contributed by atoms with van der Waals surface area (Å²) < 4.78 is 8.45. The number of carbonyl (C=O) groups excluding carboxylic acids is 1. The lowest BCUT2D eigenvalue weighted by molar-refractivity contribution is -0.130. The fourth-order valence-corrected chi connectivity index (χ4v) is 4.82. The molecule has 0 amide bonds. The maximum absolute atomic E-state index is 13.8. The lowest BCUT2D eigenvalue weighted by Gasteiger charge is -2.19. The number of hydrogen-bond acceptors (Lipinski definition) is 6. The number of benzene rings is 3. The zero-order valence-electron chi connectivity index (χ0n) is 20.0. The van der Waals surface area contributed by atoms with Crippen molar-refractivity contribution in [2.45, 2.75) is 37.5 Å². The molecule has 3 aromatic carbocycles. The van der Waals surface area contributed by atoms with Gasteiger partial charge in [-0.05, 0) is 64.8 Å². The van der Waals surface area contributed by atoms with Crippen LogP contribution in [0.2, 0.25) is 0 Å². The Hall–Kier alpha value is -3.29. The predicted molar refractivity (Wildman–Crippen MR) is 143 cm³/mol. The van der Waals surface area contributed by atoms with Gasteiger partial charge in [0.2, 0.25) is 0 Å². The number of ketones is 1. The lowest BCUT2D eigenvalue weighted by Crippen LogP contribution is -2.14. The van der Waals surface area contributed by atoms with Crippen molar-refractivity contribution in [1.82, 2.24) is 8.75 Å². The van der Waals surface area contributed by atoms with Gasteiger partial charge in [-0.15, -0.1) is 11.8 Å². The number of thioether (sulfide) groups is 1. The minimum absolute atomic E-state index is 0.00470. The van der Waals surface area contributed by atoms with Crippen molar-refractivity contribution >= 4 is 51.8 Å². The number of carboxylic acids is 1. The summed E-state index contributed by atoms with van der Waals surface area (Å²) in [5.74, 6) is -1.45. The van der Waals surface area contributed by atoms with Crippen LogP contribution >= 0.6 is 23.5 Å². The molecule has 1 N–H and O–H groups in total. The van der Waals surface area contributed by atoms with E-state index in [2.05, 4.69) is 29.5 Å². The predicted octanol–water partition coefficient (Wildman–Crippen LogP) is 6.67. The Morgan fingerprint density at radius 3 is 2.11 bits per heavy atom. The third kappa shape index (κ3) is 5.52. The first-order valence-corrected chi connectivity index (χ1v) is 13.1. The summed E-state index contributed by atoms with van der Waals surface area (Å²) in [5, 5.41) is 10.3. The number of allylic oxidation sites excluding steroid dienone is 1. The molecule has 0 saturated carbocycles. The summed E-state index contributed by atoms with van der Waals surface area (Å²) in [6, 6.07) is 20.4. The first-order valence-electron chi connectivity index (χ1n) is 11.1. The van der Waals surface area contributed by atoms with Crippen LogP contribution in [0.25, 0.3) is 16.6 Å². The molecule has 0 spiro atoms. The Morgan fingerprint density at radius 2 is 1.51 bits per heavy atom. The van der Waals surface area contributed by atoms with Crippen LogP contribution in [0.3, 0.4) is 0 Å². The molecule has 0 radical (unpaired) electrons. The number of aromatic nitrogens is 2. The van der Waals surface area contributed by atoms with Crippen LogP contribution in [0.1, 0.15) is 47.8 Å². The summed E-state index contributed by atoms with van der Waals surface area (Å²) in [4.78, 5) is 27.4. The highest BCUT2D eigenvalue weighted by Gasteiger charge is 2.25. The van der Waals surface area contributed by atoms with Crippen molar-refractivity contribution in [3.63, 3.8) is 0 Å². The number of carboxylic acid groups (broad SMARTS) is 1. The Kier molecular flexibility index (Phi) is 7.19. The first kappa shape index (κ1) is 24.8. The van der Waals surface area contributed by atoms with Crippen molar-refractivity contribution < 1.29 is 14.7 Å². The van der Waals surface area contributed by atoms with Gasteiger partial charge in [0.1, 0.15) is 11.0 Å². The van der Waals surface area contributed by atoms with E-state index >= 15 is 0 Å². The van der Waals surface area contributed by atoms with Crippen LogP contribution in [-0.2, 0) is 16.6 Å². The molecule has 7 heteroatoms. The average molecular weight is 503 g/mol. The van der Waals surface area contributed by atoms with Crippen molar-refractivity contribution in [2.75, 3.05) is 6.26 Å². The van der Waals surface area contributed by atoms with E-state index in [0.29, 0.717) is 22.2 Å². The van der Waals surface area contributed by atoms with Crippen molar-refractivity contribution in [1.29, 1.82) is 0 Å². The molecule has 0 bridgehead atoms. The molecule has 0 aliphatic rings. The van der Waals surface area contributed by atoms with Gasteiger partial charge in [-0.25, -0.2) is 4.79 Å². The van der Waals surface area contributed by atoms with Crippen LogP contribution in [0.5, 0.6) is 0 Å². The summed E-state index contributed by atoms with van der Waals surface area (Å²) in [7, 11) is 0. The second-order valence-electron chi connectivity index (χ2n) is 9.31. The highest BCUT2D eigenvalue weighted by molar-refractivity contribution is 7.98. The van der Waals surface area contributed by atoms with Crippen LogP contribution in [0.4, 0.5) is 0 Å². The normalized spacial score (nSPS) is 12.5. The summed E-state index contributed by atoms with van der Waals surface area (Å²) >= 11 is 2.65. The molecular formula is C28H26N2O3S2. The van der Waals surface area contributed by atoms with Gasteiger partial charge in [-0.2, -0.15) is 8.75 Å². The van der Waals surface area contributed by atoms with Crippen LogP contribution in [-0.4, -0.2) is 31.9 Å². The van der Waals surface area contributed by atoms with E-state index in [4.69, 9.17) is 0 Å². The Bertz CT molecular complexity index is 1410. The van der Waals surface area contributed by atoms with E-state index in [0.717, 1.165) is 22.2 Å². The second-order valence-corrected chi connectivity index (χ2v) is 10.7. The van der Waals surface area contributed by atoms with E-state index in [1.165, 1.54) is 5.56 Å². The van der Waals surface area contributed by atoms with Crippen molar-refractivity contribution in [2.24, 2.45) is 0 Å². The molecule has 0 saturated heterocycles. The molecule has 0 unspecified atom stereocenters. The zero-order chi connectivity index (χ0) is 25.2. The molecule has 5 nitrogen and oxygen atoms in total. The van der Waals surface area contributed by atoms with Gasteiger partial charge in [0, 0.05) is 22.5 Å². The molecule has 178 valence electrons. The molecule has 1 heterocycles. The maximum atomic E-state index is 13.8. The van der Waals surface area contributed by atoms with Gasteiger partial charge in [-0.3, -0.25) is 4.79 Å². The first-order chi connectivity index (χ1) is 16.7. The van der Waals surface area contributed by atoms with Crippen LogP contribution in [0, 0.1) is 0 Å². The molecule has 4 aromatic rings. The third-order valence-corrected chi connectivity index (χ3v) is 7.19. The Balaban J connectivity index is 1.86. The molecular weight excluding hydrogens is 476 g/mol. The van der Waals surface area contributed by atoms with E-state index in [1.54, 1.807) is 42.1 Å². The van der Waals surface area contributed by atoms with E-state index in [-0.39, 0.29) is 28.8 Å². The quantitative estimate of drug-likeness (QED) is 0.173. The third-order valence-electron chi connectivity index (χ3n) is 5.89. The van der Waals surface area contributed by atoms with Gasteiger partial charge in [0.25, 0.3) is 0 Å². The maximum Gasteiger partial charge on any atom is 0.336 e. The van der Waals surface area contributed by atoms with Gasteiger partial charge in [-0.1, -0.05) is 51.1 Å². The summed E-state index contributed by atoms with van der Waals surface area (Å²) in [5.41, 5.74) is 4.46. The monoisotopic (exact) mass is 502 g/mol. The van der Waals surface area contributed by atoms with Gasteiger partial charge >= 0.3 is 5.97 Å². The largest absolute Gasteiger partial charge is 0.478 e. The number of Topliss-reactive ketones (excluding diaryl/α,β-unsaturated/α-hetero) is 1. The highest BCUT2D eigenvalue weighted by Crippen LogP contribution is 2.29. The molecule has 0 fully saturated rings. The zero-order valence-corrected chi connectivity index (χ0v) is 21.7. The van der Waals surface area contributed by atoms with Crippen molar-refractivity contribution in [3.8, 4) is 0 Å². The van der Waals surface area contributed by atoms with Crippen LogP contribution < -0.4 is 0 Å². The minimum atomic E-state index is -1.15. The topological polar surface area (TPSA) is 80.2 Å². The second kappa shape index (κ2) is 10.1. The Morgan fingerprint density at radius 1 is 0.886 bits per heavy atom. The lowest BCUT2D eigenvalue weighted by atomic mass is 9.85. The van der Waals surface area contributed by atoms with E-state index < -0.39 is 5.97 Å². The van der Waals surface area contributed by atoms with E-state index in [9.17, 15) is 14.7 Å². The number of aliphatic carboxylic acids is 1.